The molecular weight excluding hydrogens is 220 g/mol. The number of aromatic carboxylic acids is 1. The van der Waals surface area contributed by atoms with Crippen LogP contribution in [0.3, 0.4) is 0 Å². The molecule has 0 unspecified atom stereocenters. The van der Waals surface area contributed by atoms with Gasteiger partial charge in [-0.3, -0.25) is 0 Å². The molecule has 0 fully saturated rings. The van der Waals surface area contributed by atoms with Crippen molar-refractivity contribution in [2.24, 2.45) is 0 Å². The van der Waals surface area contributed by atoms with E-state index in [0.29, 0.717) is 4.88 Å². The van der Waals surface area contributed by atoms with E-state index in [1.165, 1.54) is 11.3 Å². The van der Waals surface area contributed by atoms with Gasteiger partial charge in [-0.1, -0.05) is 31.5 Å². The third kappa shape index (κ3) is 1.95. The molecule has 16 heavy (non-hydrogen) atoms. The molecule has 2 rings (SSSR count). The summed E-state index contributed by atoms with van der Waals surface area (Å²) < 4.78 is 1.08. The highest BCUT2D eigenvalue weighted by Gasteiger charge is 2.16. The van der Waals surface area contributed by atoms with Crippen molar-refractivity contribution in [1.82, 2.24) is 0 Å². The number of hydrogen-bond acceptors (Lipinski definition) is 2. The Labute approximate surface area is 98.5 Å². The van der Waals surface area contributed by atoms with Crippen LogP contribution in [0, 0.1) is 0 Å². The van der Waals surface area contributed by atoms with Gasteiger partial charge >= 0.3 is 5.97 Å². The average Bonchev–Trinajstić information content (AvgIpc) is 2.65. The second kappa shape index (κ2) is 4.66. The minimum atomic E-state index is -0.799. The summed E-state index contributed by atoms with van der Waals surface area (Å²) in [7, 11) is 0. The van der Waals surface area contributed by atoms with Gasteiger partial charge in [-0.2, -0.15) is 0 Å². The van der Waals surface area contributed by atoms with Gasteiger partial charge in [-0.25, -0.2) is 4.79 Å². The number of carboxylic acids is 1. The van der Waals surface area contributed by atoms with Gasteiger partial charge < -0.3 is 5.11 Å². The number of fused-ring (bicyclic) bond motifs is 1. The van der Waals surface area contributed by atoms with E-state index >= 15 is 0 Å². The lowest BCUT2D eigenvalue weighted by Crippen LogP contribution is -1.97. The Hall–Kier alpha value is -1.35. The standard InChI is InChI=1S/C13H14O2S/c1-2-3-6-10-9-7-4-5-8-11(9)16-12(10)13(14)15/h4-5,7-8H,2-3,6H2,1H3,(H,14,15). The lowest BCUT2D eigenvalue weighted by molar-refractivity contribution is 0.0701. The Kier molecular flexibility index (Phi) is 3.25. The molecule has 0 bridgehead atoms. The number of thiophene rings is 1. The number of benzene rings is 1. The summed E-state index contributed by atoms with van der Waals surface area (Å²) in [5.74, 6) is -0.799. The van der Waals surface area contributed by atoms with Gasteiger partial charge in [-0.05, 0) is 29.9 Å². The Bertz CT molecular complexity index is 514. The molecule has 0 saturated heterocycles. The fourth-order valence-electron chi connectivity index (χ4n) is 1.87. The summed E-state index contributed by atoms with van der Waals surface area (Å²) >= 11 is 1.38. The predicted octanol–water partition coefficient (Wildman–Crippen LogP) is 3.94. The highest BCUT2D eigenvalue weighted by atomic mass is 32.1. The first-order valence-electron chi connectivity index (χ1n) is 5.47. The normalized spacial score (nSPS) is 10.8. The molecule has 0 aliphatic carbocycles. The summed E-state index contributed by atoms with van der Waals surface area (Å²) in [5.41, 5.74) is 1.01. The summed E-state index contributed by atoms with van der Waals surface area (Å²) in [6.45, 7) is 2.12. The number of aryl methyl sites for hydroxylation is 1. The van der Waals surface area contributed by atoms with Gasteiger partial charge in [0.1, 0.15) is 4.88 Å². The zero-order valence-corrected chi connectivity index (χ0v) is 10.0. The van der Waals surface area contributed by atoms with E-state index in [4.69, 9.17) is 0 Å². The number of hydrogen-bond donors (Lipinski definition) is 1. The lowest BCUT2D eigenvalue weighted by Gasteiger charge is -1.99. The molecule has 2 nitrogen and oxygen atoms in total. The quantitative estimate of drug-likeness (QED) is 0.870. The van der Waals surface area contributed by atoms with Crippen LogP contribution < -0.4 is 0 Å². The van der Waals surface area contributed by atoms with Crippen LogP contribution in [-0.2, 0) is 6.42 Å². The first-order valence-corrected chi connectivity index (χ1v) is 6.29. The van der Waals surface area contributed by atoms with Crippen molar-refractivity contribution in [1.29, 1.82) is 0 Å². The summed E-state index contributed by atoms with van der Waals surface area (Å²) in [6.07, 6.45) is 2.99. The van der Waals surface area contributed by atoms with Crippen LogP contribution in [0.4, 0.5) is 0 Å². The zero-order chi connectivity index (χ0) is 11.5. The van der Waals surface area contributed by atoms with E-state index in [0.717, 1.165) is 34.9 Å². The second-order valence-electron chi connectivity index (χ2n) is 3.81. The fraction of sp³-hybridized carbons (Fsp3) is 0.308. The zero-order valence-electron chi connectivity index (χ0n) is 9.19. The second-order valence-corrected chi connectivity index (χ2v) is 4.87. The molecule has 0 spiro atoms. The van der Waals surface area contributed by atoms with Gasteiger partial charge in [0.2, 0.25) is 0 Å². The molecule has 1 aromatic heterocycles. The Morgan fingerprint density at radius 3 is 2.81 bits per heavy atom. The highest BCUT2D eigenvalue weighted by Crippen LogP contribution is 2.32. The van der Waals surface area contributed by atoms with Crippen molar-refractivity contribution in [3.63, 3.8) is 0 Å². The molecule has 0 aliphatic rings. The van der Waals surface area contributed by atoms with Crippen LogP contribution >= 0.6 is 11.3 Å². The SMILES string of the molecule is CCCCc1c(C(=O)O)sc2ccccc12. The summed E-state index contributed by atoms with van der Waals surface area (Å²) in [5, 5.41) is 10.3. The first-order chi connectivity index (χ1) is 7.74. The van der Waals surface area contributed by atoms with Crippen LogP contribution in [0.1, 0.15) is 35.0 Å². The van der Waals surface area contributed by atoms with Crippen molar-refractivity contribution in [2.45, 2.75) is 26.2 Å². The largest absolute Gasteiger partial charge is 0.477 e. The van der Waals surface area contributed by atoms with Gasteiger partial charge in [-0.15, -0.1) is 11.3 Å². The molecule has 3 heteroatoms. The van der Waals surface area contributed by atoms with Crippen LogP contribution in [0.15, 0.2) is 24.3 Å². The van der Waals surface area contributed by atoms with Crippen LogP contribution in [0.5, 0.6) is 0 Å². The van der Waals surface area contributed by atoms with Crippen LogP contribution in [0.25, 0.3) is 10.1 Å². The van der Waals surface area contributed by atoms with Crippen molar-refractivity contribution in [2.75, 3.05) is 0 Å². The Morgan fingerprint density at radius 2 is 2.12 bits per heavy atom. The maximum atomic E-state index is 11.2. The molecule has 1 N–H and O–H groups in total. The third-order valence-corrected chi connectivity index (χ3v) is 3.87. The molecule has 0 amide bonds. The molecule has 84 valence electrons. The topological polar surface area (TPSA) is 37.3 Å². The van der Waals surface area contributed by atoms with Gasteiger partial charge in [0.05, 0.1) is 0 Å². The smallest absolute Gasteiger partial charge is 0.346 e. The average molecular weight is 234 g/mol. The van der Waals surface area contributed by atoms with E-state index in [1.807, 2.05) is 24.3 Å². The number of unbranched alkanes of at least 4 members (excludes halogenated alkanes) is 1. The van der Waals surface area contributed by atoms with Crippen LogP contribution in [0.2, 0.25) is 0 Å². The predicted molar refractivity (Wildman–Crippen MR) is 67.4 cm³/mol. The maximum absolute atomic E-state index is 11.2. The molecule has 0 saturated carbocycles. The van der Waals surface area contributed by atoms with E-state index in [-0.39, 0.29) is 0 Å². The van der Waals surface area contributed by atoms with Crippen molar-refractivity contribution >= 4 is 27.4 Å². The molecular formula is C13H14O2S. The molecule has 2 aromatic rings. The monoisotopic (exact) mass is 234 g/mol. The number of carboxylic acid groups (broad SMARTS) is 1. The van der Waals surface area contributed by atoms with E-state index in [1.54, 1.807) is 0 Å². The van der Waals surface area contributed by atoms with Gasteiger partial charge in [0.15, 0.2) is 0 Å². The van der Waals surface area contributed by atoms with Gasteiger partial charge in [0.25, 0.3) is 0 Å². The van der Waals surface area contributed by atoms with Crippen LogP contribution in [-0.4, -0.2) is 11.1 Å². The third-order valence-electron chi connectivity index (χ3n) is 2.67. The summed E-state index contributed by atoms with van der Waals surface area (Å²) in [6, 6.07) is 7.93. The molecule has 0 aliphatic heterocycles. The maximum Gasteiger partial charge on any atom is 0.346 e. The highest BCUT2D eigenvalue weighted by molar-refractivity contribution is 7.21. The summed E-state index contributed by atoms with van der Waals surface area (Å²) in [4.78, 5) is 11.7. The molecule has 1 aromatic carbocycles. The Morgan fingerprint density at radius 1 is 1.38 bits per heavy atom. The molecule has 0 radical (unpaired) electrons. The first kappa shape index (κ1) is 11.1. The Balaban J connectivity index is 2.55. The minimum Gasteiger partial charge on any atom is -0.477 e. The van der Waals surface area contributed by atoms with E-state index in [9.17, 15) is 9.90 Å². The molecule has 0 atom stereocenters. The van der Waals surface area contributed by atoms with E-state index in [2.05, 4.69) is 6.92 Å². The number of rotatable bonds is 4. The van der Waals surface area contributed by atoms with Crippen molar-refractivity contribution < 1.29 is 9.90 Å². The number of carbonyl (C=O) groups is 1. The minimum absolute atomic E-state index is 0.509. The lowest BCUT2D eigenvalue weighted by atomic mass is 10.0. The van der Waals surface area contributed by atoms with Gasteiger partial charge in [0, 0.05) is 4.70 Å². The molecule has 1 heterocycles. The van der Waals surface area contributed by atoms with E-state index < -0.39 is 5.97 Å². The van der Waals surface area contributed by atoms with Crippen molar-refractivity contribution in [3.05, 3.63) is 34.7 Å². The van der Waals surface area contributed by atoms with Crippen molar-refractivity contribution in [3.8, 4) is 0 Å². The fourth-order valence-corrected chi connectivity index (χ4v) is 2.96.